The molecule has 0 spiro atoms. The van der Waals surface area contributed by atoms with Crippen LogP contribution in [0.1, 0.15) is 43.4 Å². The summed E-state index contributed by atoms with van der Waals surface area (Å²) in [6.07, 6.45) is 10.9. The lowest BCUT2D eigenvalue weighted by Gasteiger charge is -2.35. The molecule has 4 aromatic rings. The molecule has 7 nitrogen and oxygen atoms in total. The number of nitrogens with one attached hydrogen (secondary N) is 1. The Labute approximate surface area is 217 Å². The van der Waals surface area contributed by atoms with Crippen molar-refractivity contribution in [3.05, 3.63) is 72.3 Å². The highest BCUT2D eigenvalue weighted by Gasteiger charge is 2.34. The predicted octanol–water partition coefficient (Wildman–Crippen LogP) is 4.54. The zero-order valence-electron chi connectivity index (χ0n) is 21.0. The Morgan fingerprint density at radius 3 is 2.38 bits per heavy atom. The van der Waals surface area contributed by atoms with Gasteiger partial charge in [-0.05, 0) is 42.7 Å². The van der Waals surface area contributed by atoms with Crippen molar-refractivity contribution in [1.82, 2.24) is 19.9 Å². The zero-order valence-corrected chi connectivity index (χ0v) is 21.0. The van der Waals surface area contributed by atoms with Crippen molar-refractivity contribution >= 4 is 11.2 Å². The molecule has 0 atom stereocenters. The highest BCUT2D eigenvalue weighted by atomic mass is 16.3. The number of hydrogen-bond donors (Lipinski definition) is 2. The molecule has 1 aromatic carbocycles. The van der Waals surface area contributed by atoms with E-state index in [1.807, 2.05) is 12.4 Å². The van der Waals surface area contributed by atoms with Crippen LogP contribution in [-0.4, -0.2) is 52.5 Å². The number of anilines is 1. The highest BCUT2D eigenvalue weighted by molar-refractivity contribution is 5.87. The van der Waals surface area contributed by atoms with E-state index in [0.717, 1.165) is 85.3 Å². The second kappa shape index (κ2) is 9.97. The van der Waals surface area contributed by atoms with Crippen LogP contribution in [0, 0.1) is 11.3 Å². The summed E-state index contributed by atoms with van der Waals surface area (Å²) in [5.74, 6) is 0. The van der Waals surface area contributed by atoms with E-state index in [-0.39, 0.29) is 12.0 Å². The third kappa shape index (κ3) is 4.37. The molecular formula is C30H32N6O. The van der Waals surface area contributed by atoms with Gasteiger partial charge < -0.3 is 15.3 Å². The van der Waals surface area contributed by atoms with Gasteiger partial charge in [-0.25, -0.2) is 4.52 Å². The summed E-state index contributed by atoms with van der Waals surface area (Å²) in [5, 5.41) is 27.9. The van der Waals surface area contributed by atoms with Crippen LogP contribution in [0.5, 0.6) is 0 Å². The molecule has 37 heavy (non-hydrogen) atoms. The Balaban J connectivity index is 1.39. The summed E-state index contributed by atoms with van der Waals surface area (Å²) in [6, 6.07) is 17.3. The second-order valence-electron chi connectivity index (χ2n) is 10.3. The Kier molecular flexibility index (Phi) is 6.37. The maximum atomic E-state index is 10.2. The number of fused-ring (bicyclic) bond motifs is 1. The predicted molar refractivity (Wildman–Crippen MR) is 146 cm³/mol. The molecular weight excluding hydrogens is 460 g/mol. The third-order valence-corrected chi connectivity index (χ3v) is 8.15. The van der Waals surface area contributed by atoms with Crippen LogP contribution in [-0.2, 0) is 5.41 Å². The standard InChI is InChI=1S/C30H32N6O/c31-17-25-19-34-36-20-24(22-4-7-26(8-5-22)35-14-12-32-13-15-35)16-27(29(25)36)23-6-9-28(33-18-23)30(21-37)10-2-1-3-11-30/h4-9,16,18-20,32,37H,1-3,10-15,21H2. The van der Waals surface area contributed by atoms with Crippen LogP contribution in [0.4, 0.5) is 5.69 Å². The molecule has 0 unspecified atom stereocenters. The summed E-state index contributed by atoms with van der Waals surface area (Å²) in [7, 11) is 0. The van der Waals surface area contributed by atoms with Gasteiger partial charge in [-0.3, -0.25) is 4.98 Å². The summed E-state index contributed by atoms with van der Waals surface area (Å²) >= 11 is 0. The number of nitriles is 1. The molecule has 188 valence electrons. The van der Waals surface area contributed by atoms with Gasteiger partial charge in [-0.15, -0.1) is 0 Å². The number of aromatic nitrogens is 3. The fourth-order valence-electron chi connectivity index (χ4n) is 5.96. The maximum Gasteiger partial charge on any atom is 0.103 e. The number of hydrogen-bond acceptors (Lipinski definition) is 6. The Hall–Kier alpha value is -3.73. The van der Waals surface area contributed by atoms with E-state index in [9.17, 15) is 10.4 Å². The second-order valence-corrected chi connectivity index (χ2v) is 10.3. The van der Waals surface area contributed by atoms with Gasteiger partial charge in [0.05, 0.1) is 23.9 Å². The average Bonchev–Trinajstić information content (AvgIpc) is 3.41. The van der Waals surface area contributed by atoms with Crippen molar-refractivity contribution in [2.75, 3.05) is 37.7 Å². The largest absolute Gasteiger partial charge is 0.395 e. The normalized spacial score (nSPS) is 17.6. The molecule has 4 heterocycles. The first-order valence-electron chi connectivity index (χ1n) is 13.3. The van der Waals surface area contributed by atoms with Crippen molar-refractivity contribution in [2.24, 2.45) is 0 Å². The number of rotatable bonds is 5. The van der Waals surface area contributed by atoms with Crippen molar-refractivity contribution in [3.63, 3.8) is 0 Å². The number of aliphatic hydroxyl groups excluding tert-OH is 1. The molecule has 1 aliphatic carbocycles. The van der Waals surface area contributed by atoms with Gasteiger partial charge >= 0.3 is 0 Å². The van der Waals surface area contributed by atoms with Gasteiger partial charge in [0, 0.05) is 72.1 Å². The first-order chi connectivity index (χ1) is 18.2. The first-order valence-corrected chi connectivity index (χ1v) is 13.3. The van der Waals surface area contributed by atoms with E-state index in [1.54, 1.807) is 10.7 Å². The van der Waals surface area contributed by atoms with E-state index >= 15 is 0 Å². The summed E-state index contributed by atoms with van der Waals surface area (Å²) in [5.41, 5.74) is 7.28. The van der Waals surface area contributed by atoms with Crippen LogP contribution in [0.15, 0.2) is 61.1 Å². The summed E-state index contributed by atoms with van der Waals surface area (Å²) < 4.78 is 1.80. The van der Waals surface area contributed by atoms with Gasteiger partial charge in [0.15, 0.2) is 0 Å². The SMILES string of the molecule is N#Cc1cnn2cc(-c3ccc(N4CCNCC4)cc3)cc(-c3ccc(C4(CO)CCCCC4)nc3)c12. The van der Waals surface area contributed by atoms with Gasteiger partial charge in [0.25, 0.3) is 0 Å². The molecule has 1 saturated carbocycles. The van der Waals surface area contributed by atoms with E-state index in [4.69, 9.17) is 4.98 Å². The van der Waals surface area contributed by atoms with Gasteiger partial charge in [0.1, 0.15) is 6.07 Å². The number of aliphatic hydroxyl groups is 1. The van der Waals surface area contributed by atoms with Crippen molar-refractivity contribution in [3.8, 4) is 28.3 Å². The minimum atomic E-state index is -0.242. The Bertz CT molecular complexity index is 1420. The van der Waals surface area contributed by atoms with E-state index in [1.165, 1.54) is 12.1 Å². The number of piperazine rings is 1. The lowest BCUT2D eigenvalue weighted by Crippen LogP contribution is -2.43. The first kappa shape index (κ1) is 23.7. The third-order valence-electron chi connectivity index (χ3n) is 8.15. The van der Waals surface area contributed by atoms with E-state index < -0.39 is 0 Å². The minimum Gasteiger partial charge on any atom is -0.395 e. The van der Waals surface area contributed by atoms with Crippen LogP contribution in [0.3, 0.4) is 0 Å². The average molecular weight is 493 g/mol. The van der Waals surface area contributed by atoms with Crippen molar-refractivity contribution < 1.29 is 5.11 Å². The lowest BCUT2D eigenvalue weighted by molar-refractivity contribution is 0.148. The maximum absolute atomic E-state index is 10.2. The van der Waals surface area contributed by atoms with Crippen LogP contribution < -0.4 is 10.2 Å². The molecule has 2 N–H and O–H groups in total. The lowest BCUT2D eigenvalue weighted by atomic mass is 9.72. The fourth-order valence-corrected chi connectivity index (χ4v) is 5.96. The number of nitrogens with zero attached hydrogens (tertiary/aromatic N) is 5. The van der Waals surface area contributed by atoms with Crippen molar-refractivity contribution in [1.29, 1.82) is 5.26 Å². The summed E-state index contributed by atoms with van der Waals surface area (Å²) in [6.45, 7) is 4.17. The molecule has 1 aliphatic heterocycles. The van der Waals surface area contributed by atoms with Crippen LogP contribution in [0.25, 0.3) is 27.8 Å². The minimum absolute atomic E-state index is 0.129. The smallest absolute Gasteiger partial charge is 0.103 e. The molecule has 0 radical (unpaired) electrons. The summed E-state index contributed by atoms with van der Waals surface area (Å²) in [4.78, 5) is 7.25. The van der Waals surface area contributed by atoms with Gasteiger partial charge in [-0.2, -0.15) is 10.4 Å². The van der Waals surface area contributed by atoms with Crippen molar-refractivity contribution in [2.45, 2.75) is 37.5 Å². The van der Waals surface area contributed by atoms with Gasteiger partial charge in [0.2, 0.25) is 0 Å². The monoisotopic (exact) mass is 492 g/mol. The molecule has 1 saturated heterocycles. The molecule has 2 aliphatic rings. The molecule has 3 aromatic heterocycles. The van der Waals surface area contributed by atoms with E-state index in [0.29, 0.717) is 5.56 Å². The fraction of sp³-hybridized carbons (Fsp3) is 0.367. The quantitative estimate of drug-likeness (QED) is 0.425. The Morgan fingerprint density at radius 1 is 0.946 bits per heavy atom. The van der Waals surface area contributed by atoms with Crippen LogP contribution in [0.2, 0.25) is 0 Å². The highest BCUT2D eigenvalue weighted by Crippen LogP contribution is 2.39. The topological polar surface area (TPSA) is 89.5 Å². The zero-order chi connectivity index (χ0) is 25.2. The molecule has 0 bridgehead atoms. The number of pyridine rings is 2. The molecule has 0 amide bonds. The van der Waals surface area contributed by atoms with E-state index in [2.05, 4.69) is 63.8 Å². The number of benzene rings is 1. The molecule has 6 rings (SSSR count). The Morgan fingerprint density at radius 2 is 1.70 bits per heavy atom. The molecule has 7 heteroatoms. The van der Waals surface area contributed by atoms with Gasteiger partial charge in [-0.1, -0.05) is 37.5 Å². The van der Waals surface area contributed by atoms with Crippen LogP contribution >= 0.6 is 0 Å². The molecule has 2 fully saturated rings.